The Hall–Kier alpha value is -2.98. The Labute approximate surface area is 243 Å². The third-order valence-electron chi connectivity index (χ3n) is 5.92. The standard InChI is InChI=1S/C29H25ClN2O4S3/c1-16(2)35-28(34)25-17(3)31-29-32(26(25)18-5-10-21(37-4)11-6-18)27(33)23(39-29)15-20-9-14-24(36-20)38-22-12-7-19(30)8-13-22/h5-16,26H,1-4H3/b23-15+/t26-/m1/s1. The van der Waals surface area contributed by atoms with E-state index in [4.69, 9.17) is 20.8 Å². The highest BCUT2D eigenvalue weighted by Crippen LogP contribution is 2.32. The summed E-state index contributed by atoms with van der Waals surface area (Å²) in [5.41, 5.74) is 1.46. The lowest BCUT2D eigenvalue weighted by atomic mass is 9.96. The number of nitrogens with zero attached hydrogens (tertiary/aromatic N) is 2. The minimum absolute atomic E-state index is 0.247. The molecule has 0 amide bonds. The number of hydrogen-bond acceptors (Lipinski definition) is 8. The third-order valence-corrected chi connectivity index (χ3v) is 8.83. The molecule has 0 spiro atoms. The van der Waals surface area contributed by atoms with Gasteiger partial charge in [0.1, 0.15) is 5.76 Å². The number of carbonyl (C=O) groups is 1. The van der Waals surface area contributed by atoms with Crippen molar-refractivity contribution in [1.82, 2.24) is 4.57 Å². The van der Waals surface area contributed by atoms with Gasteiger partial charge < -0.3 is 9.15 Å². The number of furan rings is 1. The predicted molar refractivity (Wildman–Crippen MR) is 157 cm³/mol. The van der Waals surface area contributed by atoms with Gasteiger partial charge in [-0.15, -0.1) is 11.8 Å². The second-order valence-corrected chi connectivity index (χ2v) is 12.4. The van der Waals surface area contributed by atoms with Gasteiger partial charge in [-0.2, -0.15) is 0 Å². The van der Waals surface area contributed by atoms with Gasteiger partial charge >= 0.3 is 5.97 Å². The van der Waals surface area contributed by atoms with E-state index in [1.807, 2.05) is 66.9 Å². The van der Waals surface area contributed by atoms with Gasteiger partial charge in [-0.3, -0.25) is 9.36 Å². The van der Waals surface area contributed by atoms with Crippen molar-refractivity contribution in [2.24, 2.45) is 4.99 Å². The van der Waals surface area contributed by atoms with Crippen molar-refractivity contribution in [3.8, 4) is 0 Å². The van der Waals surface area contributed by atoms with Crippen molar-refractivity contribution in [2.45, 2.75) is 47.8 Å². The van der Waals surface area contributed by atoms with Crippen LogP contribution in [0.3, 0.4) is 0 Å². The molecular formula is C29H25ClN2O4S3. The molecule has 3 heterocycles. The zero-order valence-electron chi connectivity index (χ0n) is 21.6. The summed E-state index contributed by atoms with van der Waals surface area (Å²) in [5, 5.41) is 1.36. The molecule has 10 heteroatoms. The molecule has 5 rings (SSSR count). The SMILES string of the molecule is CSc1ccc([C@@H]2C(C(=O)OC(C)C)=C(C)N=c3s/c(=C/c4ccc(Sc5ccc(Cl)cc5)o4)c(=O)n32)cc1. The molecule has 0 saturated carbocycles. The first-order valence-corrected chi connectivity index (χ1v) is 15.4. The van der Waals surface area contributed by atoms with E-state index in [-0.39, 0.29) is 11.7 Å². The molecule has 0 saturated heterocycles. The maximum Gasteiger partial charge on any atom is 0.338 e. The van der Waals surface area contributed by atoms with Crippen LogP contribution in [0.25, 0.3) is 6.08 Å². The molecule has 0 N–H and O–H groups in total. The molecule has 1 atom stereocenters. The molecule has 0 unspecified atom stereocenters. The van der Waals surface area contributed by atoms with Gasteiger partial charge in [-0.05, 0) is 81.1 Å². The summed E-state index contributed by atoms with van der Waals surface area (Å²) in [5.74, 6) is 0.0714. The van der Waals surface area contributed by atoms with Crippen molar-refractivity contribution in [1.29, 1.82) is 0 Å². The largest absolute Gasteiger partial charge is 0.459 e. The molecule has 0 bridgehead atoms. The van der Waals surface area contributed by atoms with E-state index in [1.54, 1.807) is 43.2 Å². The average molecular weight is 597 g/mol. The Kier molecular flexibility index (Phi) is 8.23. The summed E-state index contributed by atoms with van der Waals surface area (Å²) in [6.07, 6.45) is 3.41. The van der Waals surface area contributed by atoms with E-state index < -0.39 is 12.0 Å². The minimum Gasteiger partial charge on any atom is -0.459 e. The normalized spacial score (nSPS) is 15.4. The summed E-state index contributed by atoms with van der Waals surface area (Å²) in [4.78, 5) is 34.3. The second kappa shape index (κ2) is 11.6. The highest BCUT2D eigenvalue weighted by atomic mass is 35.5. The maximum absolute atomic E-state index is 13.8. The molecule has 2 aromatic carbocycles. The molecular weight excluding hydrogens is 572 g/mol. The Bertz CT molecular complexity index is 1730. The fraction of sp³-hybridized carbons (Fsp3) is 0.207. The van der Waals surface area contributed by atoms with E-state index >= 15 is 0 Å². The Morgan fingerprint density at radius 1 is 1.10 bits per heavy atom. The molecule has 2 aromatic heterocycles. The van der Waals surface area contributed by atoms with E-state index in [1.165, 1.54) is 23.1 Å². The van der Waals surface area contributed by atoms with Crippen LogP contribution < -0.4 is 14.9 Å². The lowest BCUT2D eigenvalue weighted by Crippen LogP contribution is -2.40. The smallest absolute Gasteiger partial charge is 0.338 e. The van der Waals surface area contributed by atoms with Crippen LogP contribution in [0.1, 0.15) is 38.1 Å². The monoisotopic (exact) mass is 596 g/mol. The van der Waals surface area contributed by atoms with Crippen LogP contribution in [-0.4, -0.2) is 22.9 Å². The van der Waals surface area contributed by atoms with Crippen LogP contribution in [0.2, 0.25) is 5.02 Å². The van der Waals surface area contributed by atoms with Crippen LogP contribution >= 0.6 is 46.5 Å². The molecule has 39 heavy (non-hydrogen) atoms. The average Bonchev–Trinajstić information content (AvgIpc) is 3.47. The number of aromatic nitrogens is 1. The zero-order valence-corrected chi connectivity index (χ0v) is 24.8. The van der Waals surface area contributed by atoms with Crippen LogP contribution in [0, 0.1) is 0 Å². The summed E-state index contributed by atoms with van der Waals surface area (Å²) in [6.45, 7) is 5.38. The number of rotatable bonds is 7. The molecule has 0 fully saturated rings. The summed E-state index contributed by atoms with van der Waals surface area (Å²) < 4.78 is 13.6. The number of thioether (sulfide) groups is 1. The topological polar surface area (TPSA) is 73.8 Å². The summed E-state index contributed by atoms with van der Waals surface area (Å²) in [7, 11) is 0. The number of carbonyl (C=O) groups excluding carboxylic acids is 1. The first kappa shape index (κ1) is 27.6. The quantitative estimate of drug-likeness (QED) is 0.184. The van der Waals surface area contributed by atoms with Crippen LogP contribution in [0.5, 0.6) is 0 Å². The van der Waals surface area contributed by atoms with Gasteiger partial charge in [-0.1, -0.05) is 46.8 Å². The number of benzene rings is 2. The van der Waals surface area contributed by atoms with Gasteiger partial charge in [0.05, 0.1) is 27.9 Å². The van der Waals surface area contributed by atoms with Gasteiger partial charge in [0.2, 0.25) is 0 Å². The summed E-state index contributed by atoms with van der Waals surface area (Å²) >= 11 is 10.3. The fourth-order valence-corrected chi connectivity index (χ4v) is 6.52. The van der Waals surface area contributed by atoms with Crippen molar-refractivity contribution < 1.29 is 13.9 Å². The zero-order chi connectivity index (χ0) is 27.7. The van der Waals surface area contributed by atoms with E-state index in [0.29, 0.717) is 36.5 Å². The highest BCUT2D eigenvalue weighted by molar-refractivity contribution is 7.99. The molecule has 1 aliphatic heterocycles. The number of fused-ring (bicyclic) bond motifs is 1. The lowest BCUT2D eigenvalue weighted by Gasteiger charge is -2.25. The van der Waals surface area contributed by atoms with Crippen molar-refractivity contribution in [2.75, 3.05) is 6.26 Å². The number of halogens is 1. The number of ether oxygens (including phenoxy) is 1. The fourth-order valence-electron chi connectivity index (χ4n) is 4.18. The first-order valence-electron chi connectivity index (χ1n) is 12.1. The number of allylic oxidation sites excluding steroid dienone is 1. The molecule has 200 valence electrons. The molecule has 1 aliphatic rings. The van der Waals surface area contributed by atoms with Crippen LogP contribution in [-0.2, 0) is 9.53 Å². The van der Waals surface area contributed by atoms with Gasteiger partial charge in [0, 0.05) is 20.9 Å². The van der Waals surface area contributed by atoms with E-state index in [9.17, 15) is 9.59 Å². The van der Waals surface area contributed by atoms with Crippen LogP contribution in [0.4, 0.5) is 0 Å². The Morgan fingerprint density at radius 3 is 2.46 bits per heavy atom. The highest BCUT2D eigenvalue weighted by Gasteiger charge is 2.33. The third kappa shape index (κ3) is 5.96. The number of esters is 1. The first-order chi connectivity index (χ1) is 18.7. The molecule has 4 aromatic rings. The Morgan fingerprint density at radius 2 is 1.79 bits per heavy atom. The number of thiazole rings is 1. The minimum atomic E-state index is -0.654. The van der Waals surface area contributed by atoms with Crippen molar-refractivity contribution >= 4 is 58.5 Å². The maximum atomic E-state index is 13.8. The lowest BCUT2D eigenvalue weighted by molar-refractivity contribution is -0.143. The molecule has 0 radical (unpaired) electrons. The van der Waals surface area contributed by atoms with E-state index in [2.05, 4.69) is 4.99 Å². The van der Waals surface area contributed by atoms with E-state index in [0.717, 1.165) is 15.4 Å². The molecule has 6 nitrogen and oxygen atoms in total. The molecule has 0 aliphatic carbocycles. The van der Waals surface area contributed by atoms with Gasteiger partial charge in [0.15, 0.2) is 9.89 Å². The second-order valence-electron chi connectivity index (χ2n) is 9.02. The predicted octanol–water partition coefficient (Wildman–Crippen LogP) is 6.31. The summed E-state index contributed by atoms with van der Waals surface area (Å²) in [6, 6.07) is 18.4. The van der Waals surface area contributed by atoms with Gasteiger partial charge in [-0.25, -0.2) is 9.79 Å². The number of hydrogen-bond donors (Lipinski definition) is 0. The van der Waals surface area contributed by atoms with Gasteiger partial charge in [0.25, 0.3) is 5.56 Å². The van der Waals surface area contributed by atoms with Crippen molar-refractivity contribution in [3.63, 3.8) is 0 Å². The Balaban J connectivity index is 1.56. The van der Waals surface area contributed by atoms with Crippen LogP contribution in [0.15, 0.2) is 101 Å². The van der Waals surface area contributed by atoms with Crippen molar-refractivity contribution in [3.05, 3.63) is 108 Å².